The molecule has 0 aliphatic carbocycles. The second-order valence-corrected chi connectivity index (χ2v) is 6.57. The van der Waals surface area contributed by atoms with E-state index in [1.165, 1.54) is 13.4 Å². The molecular weight excluding hydrogens is 288 g/mol. The SMILES string of the molecule is COc1cc(N)ccc1S(=O)Cc1ncnn1CC(C)C. The second-order valence-electron chi connectivity index (χ2n) is 5.15. The topological polar surface area (TPSA) is 83.0 Å². The third kappa shape index (κ3) is 3.81. The summed E-state index contributed by atoms with van der Waals surface area (Å²) in [5.41, 5.74) is 6.29. The smallest absolute Gasteiger partial charge is 0.139 e. The highest BCUT2D eigenvalue weighted by molar-refractivity contribution is 7.84. The first-order chi connectivity index (χ1) is 10.0. The van der Waals surface area contributed by atoms with Crippen molar-refractivity contribution in [3.05, 3.63) is 30.4 Å². The van der Waals surface area contributed by atoms with E-state index in [0.29, 0.717) is 33.8 Å². The molecule has 114 valence electrons. The van der Waals surface area contributed by atoms with Gasteiger partial charge in [0.25, 0.3) is 0 Å². The molecule has 1 atom stereocenters. The Morgan fingerprint density at radius 2 is 2.19 bits per heavy atom. The summed E-state index contributed by atoms with van der Waals surface area (Å²) in [6.07, 6.45) is 1.50. The molecule has 0 saturated carbocycles. The minimum absolute atomic E-state index is 0.299. The third-order valence-electron chi connectivity index (χ3n) is 2.93. The normalized spacial score (nSPS) is 12.6. The molecule has 0 aliphatic heterocycles. The van der Waals surface area contributed by atoms with Crippen molar-refractivity contribution in [2.24, 2.45) is 5.92 Å². The fourth-order valence-electron chi connectivity index (χ4n) is 1.97. The van der Waals surface area contributed by atoms with Crippen LogP contribution in [0.5, 0.6) is 5.75 Å². The van der Waals surface area contributed by atoms with Gasteiger partial charge in [-0.3, -0.25) is 4.21 Å². The Kier molecular flexibility index (Phi) is 4.95. The highest BCUT2D eigenvalue weighted by Gasteiger charge is 2.15. The number of aromatic nitrogens is 3. The number of hydrogen-bond acceptors (Lipinski definition) is 5. The van der Waals surface area contributed by atoms with Gasteiger partial charge in [-0.25, -0.2) is 9.67 Å². The Hall–Kier alpha value is -1.89. The molecule has 1 aromatic carbocycles. The molecule has 0 saturated heterocycles. The van der Waals surface area contributed by atoms with Crippen LogP contribution in [0.25, 0.3) is 0 Å². The van der Waals surface area contributed by atoms with Gasteiger partial charge in [-0.05, 0) is 18.1 Å². The van der Waals surface area contributed by atoms with E-state index in [2.05, 4.69) is 23.9 Å². The van der Waals surface area contributed by atoms with E-state index in [0.717, 1.165) is 6.54 Å². The van der Waals surface area contributed by atoms with E-state index in [1.54, 1.807) is 22.9 Å². The molecule has 2 rings (SSSR count). The molecule has 0 radical (unpaired) electrons. The van der Waals surface area contributed by atoms with E-state index in [-0.39, 0.29) is 0 Å². The van der Waals surface area contributed by atoms with Crippen LogP contribution in [0.1, 0.15) is 19.7 Å². The molecule has 7 heteroatoms. The van der Waals surface area contributed by atoms with E-state index in [4.69, 9.17) is 10.5 Å². The van der Waals surface area contributed by atoms with Crippen molar-refractivity contribution in [2.75, 3.05) is 12.8 Å². The lowest BCUT2D eigenvalue weighted by Crippen LogP contribution is -2.12. The number of hydrogen-bond donors (Lipinski definition) is 1. The summed E-state index contributed by atoms with van der Waals surface area (Å²) >= 11 is 0. The summed E-state index contributed by atoms with van der Waals surface area (Å²) in [7, 11) is 0.277. The Bertz CT molecular complexity index is 640. The number of anilines is 1. The van der Waals surface area contributed by atoms with Crippen LogP contribution in [0.3, 0.4) is 0 Å². The highest BCUT2D eigenvalue weighted by atomic mass is 32.2. The van der Waals surface area contributed by atoms with Crippen LogP contribution in [-0.4, -0.2) is 26.1 Å². The maximum absolute atomic E-state index is 12.6. The summed E-state index contributed by atoms with van der Waals surface area (Å²) in [5, 5.41) is 4.18. The van der Waals surface area contributed by atoms with Gasteiger partial charge in [0, 0.05) is 18.3 Å². The Labute approximate surface area is 126 Å². The maximum atomic E-state index is 12.6. The van der Waals surface area contributed by atoms with Crippen molar-refractivity contribution < 1.29 is 8.95 Å². The average Bonchev–Trinajstić information content (AvgIpc) is 2.84. The van der Waals surface area contributed by atoms with Gasteiger partial charge in [0.05, 0.1) is 28.6 Å². The second kappa shape index (κ2) is 6.71. The van der Waals surface area contributed by atoms with Crippen molar-refractivity contribution in [3.8, 4) is 5.75 Å². The predicted molar refractivity (Wildman–Crippen MR) is 82.4 cm³/mol. The first-order valence-corrected chi connectivity index (χ1v) is 8.01. The third-order valence-corrected chi connectivity index (χ3v) is 4.28. The van der Waals surface area contributed by atoms with Crippen molar-refractivity contribution in [1.82, 2.24) is 14.8 Å². The molecule has 0 aliphatic rings. The lowest BCUT2D eigenvalue weighted by atomic mass is 10.2. The summed E-state index contributed by atoms with van der Waals surface area (Å²) in [4.78, 5) is 4.82. The number of nitrogen functional groups attached to an aromatic ring is 1. The monoisotopic (exact) mass is 308 g/mol. The summed E-state index contributed by atoms with van der Waals surface area (Å²) in [6.45, 7) is 4.96. The molecule has 2 aromatic rings. The average molecular weight is 308 g/mol. The molecular formula is C14H20N4O2S. The number of ether oxygens (including phenoxy) is 1. The van der Waals surface area contributed by atoms with Gasteiger partial charge in [0.15, 0.2) is 0 Å². The molecule has 0 fully saturated rings. The van der Waals surface area contributed by atoms with Crippen molar-refractivity contribution in [1.29, 1.82) is 0 Å². The number of nitrogens with zero attached hydrogens (tertiary/aromatic N) is 3. The molecule has 0 spiro atoms. The van der Waals surface area contributed by atoms with Crippen LogP contribution < -0.4 is 10.5 Å². The Morgan fingerprint density at radius 1 is 1.43 bits per heavy atom. The summed E-state index contributed by atoms with van der Waals surface area (Å²) < 4.78 is 19.6. The van der Waals surface area contributed by atoms with Gasteiger partial charge in [-0.15, -0.1) is 0 Å². The van der Waals surface area contributed by atoms with Crippen LogP contribution in [0.4, 0.5) is 5.69 Å². The molecule has 21 heavy (non-hydrogen) atoms. The van der Waals surface area contributed by atoms with E-state index in [9.17, 15) is 4.21 Å². The van der Waals surface area contributed by atoms with Gasteiger partial charge < -0.3 is 10.5 Å². The van der Waals surface area contributed by atoms with Crippen LogP contribution in [0.15, 0.2) is 29.4 Å². The van der Waals surface area contributed by atoms with Gasteiger partial charge >= 0.3 is 0 Å². The molecule has 1 unspecified atom stereocenters. The van der Waals surface area contributed by atoms with Crippen molar-refractivity contribution in [3.63, 3.8) is 0 Å². The maximum Gasteiger partial charge on any atom is 0.139 e. The van der Waals surface area contributed by atoms with Gasteiger partial charge in [0.1, 0.15) is 17.9 Å². The van der Waals surface area contributed by atoms with Crippen LogP contribution >= 0.6 is 0 Å². The van der Waals surface area contributed by atoms with E-state index >= 15 is 0 Å². The minimum Gasteiger partial charge on any atom is -0.495 e. The molecule has 0 amide bonds. The fourth-order valence-corrected chi connectivity index (χ4v) is 3.17. The zero-order valence-electron chi connectivity index (χ0n) is 12.4. The zero-order chi connectivity index (χ0) is 15.4. The lowest BCUT2D eigenvalue weighted by molar-refractivity contribution is 0.404. The molecule has 1 heterocycles. The molecule has 1 aromatic heterocycles. The van der Waals surface area contributed by atoms with Crippen molar-refractivity contribution >= 4 is 16.5 Å². The highest BCUT2D eigenvalue weighted by Crippen LogP contribution is 2.26. The number of rotatable bonds is 6. The number of nitrogens with two attached hydrogens (primary N) is 1. The van der Waals surface area contributed by atoms with Crippen molar-refractivity contribution in [2.45, 2.75) is 31.0 Å². The summed E-state index contributed by atoms with van der Waals surface area (Å²) in [5.74, 6) is 1.99. The quantitative estimate of drug-likeness (QED) is 0.823. The first-order valence-electron chi connectivity index (χ1n) is 6.69. The lowest BCUT2D eigenvalue weighted by Gasteiger charge is -2.11. The van der Waals surface area contributed by atoms with Crippen LogP contribution in [0, 0.1) is 5.92 Å². The Balaban J connectivity index is 2.21. The Morgan fingerprint density at radius 3 is 2.86 bits per heavy atom. The number of benzene rings is 1. The zero-order valence-corrected chi connectivity index (χ0v) is 13.3. The summed E-state index contributed by atoms with van der Waals surface area (Å²) in [6, 6.07) is 5.12. The van der Waals surface area contributed by atoms with Gasteiger partial charge in [-0.1, -0.05) is 13.8 Å². The minimum atomic E-state index is -1.26. The van der Waals surface area contributed by atoms with Gasteiger partial charge in [-0.2, -0.15) is 5.10 Å². The molecule has 6 nitrogen and oxygen atoms in total. The van der Waals surface area contributed by atoms with Gasteiger partial charge in [0.2, 0.25) is 0 Å². The largest absolute Gasteiger partial charge is 0.495 e. The van der Waals surface area contributed by atoms with E-state index in [1.807, 2.05) is 0 Å². The predicted octanol–water partition coefficient (Wildman–Crippen LogP) is 1.83. The van der Waals surface area contributed by atoms with Crippen LogP contribution in [-0.2, 0) is 23.1 Å². The number of methoxy groups -OCH3 is 1. The van der Waals surface area contributed by atoms with E-state index < -0.39 is 10.8 Å². The van der Waals surface area contributed by atoms with Crippen LogP contribution in [0.2, 0.25) is 0 Å². The molecule has 0 bridgehead atoms. The first kappa shape index (κ1) is 15.5. The molecule has 2 N–H and O–H groups in total. The fraction of sp³-hybridized carbons (Fsp3) is 0.429. The standard InChI is InChI=1S/C14H20N4O2S/c1-10(2)7-18-14(16-9-17-18)8-21(19)13-5-4-11(15)6-12(13)20-3/h4-6,9-10H,7-8,15H2,1-3H3.